The quantitative estimate of drug-likeness (QED) is 0.482. The molecular formula is C12H21NO4. The Morgan fingerprint density at radius 1 is 1.29 bits per heavy atom. The molecule has 0 spiro atoms. The first-order valence-electron chi connectivity index (χ1n) is 6.13. The summed E-state index contributed by atoms with van der Waals surface area (Å²) in [4.78, 5) is 22.5. The summed E-state index contributed by atoms with van der Waals surface area (Å²) in [6.45, 7) is 1.15. The van der Waals surface area contributed by atoms with E-state index in [1.54, 1.807) is 7.11 Å². The molecule has 0 heterocycles. The van der Waals surface area contributed by atoms with Gasteiger partial charge in [0, 0.05) is 20.1 Å². The minimum Gasteiger partial charge on any atom is -0.464 e. The van der Waals surface area contributed by atoms with Crippen molar-refractivity contribution in [3.8, 4) is 0 Å². The van der Waals surface area contributed by atoms with Gasteiger partial charge in [-0.25, -0.2) is 0 Å². The fourth-order valence-electron chi connectivity index (χ4n) is 1.34. The monoisotopic (exact) mass is 243 g/mol. The Hall–Kier alpha value is -1.10. The molecule has 17 heavy (non-hydrogen) atoms. The van der Waals surface area contributed by atoms with Crippen LogP contribution in [-0.4, -0.2) is 38.7 Å². The van der Waals surface area contributed by atoms with Gasteiger partial charge in [0.15, 0.2) is 0 Å². The Balaban J connectivity index is 1.92. The maximum Gasteiger partial charge on any atom is 0.325 e. The Kier molecular flexibility index (Phi) is 6.62. The smallest absolute Gasteiger partial charge is 0.325 e. The second-order valence-electron chi connectivity index (χ2n) is 4.35. The molecule has 1 aliphatic carbocycles. The van der Waals surface area contributed by atoms with E-state index in [4.69, 9.17) is 9.47 Å². The van der Waals surface area contributed by atoms with E-state index in [1.807, 2.05) is 0 Å². The SMILES string of the molecule is COCCCCC(=O)NCC(=O)OCC1CC1. The number of esters is 1. The molecule has 0 radical (unpaired) electrons. The molecular weight excluding hydrogens is 222 g/mol. The van der Waals surface area contributed by atoms with E-state index in [-0.39, 0.29) is 18.4 Å². The maximum absolute atomic E-state index is 11.3. The summed E-state index contributed by atoms with van der Waals surface area (Å²) in [5, 5.41) is 2.55. The van der Waals surface area contributed by atoms with Gasteiger partial charge in [-0.3, -0.25) is 9.59 Å². The number of rotatable bonds is 9. The van der Waals surface area contributed by atoms with E-state index in [2.05, 4.69) is 5.32 Å². The standard InChI is InChI=1S/C12H21NO4/c1-16-7-3-2-4-11(14)13-8-12(15)17-9-10-5-6-10/h10H,2-9H2,1H3,(H,13,14). The van der Waals surface area contributed by atoms with Crippen LogP contribution < -0.4 is 5.32 Å². The number of ether oxygens (including phenoxy) is 2. The molecule has 98 valence electrons. The fraction of sp³-hybridized carbons (Fsp3) is 0.833. The van der Waals surface area contributed by atoms with E-state index in [9.17, 15) is 9.59 Å². The lowest BCUT2D eigenvalue weighted by molar-refractivity contribution is -0.144. The lowest BCUT2D eigenvalue weighted by Gasteiger charge is -2.05. The van der Waals surface area contributed by atoms with Crippen molar-refractivity contribution in [1.29, 1.82) is 0 Å². The first-order chi connectivity index (χ1) is 8.22. The Bertz CT molecular complexity index is 251. The largest absolute Gasteiger partial charge is 0.464 e. The van der Waals surface area contributed by atoms with Crippen LogP contribution in [0.3, 0.4) is 0 Å². The molecule has 1 amide bonds. The number of amides is 1. The maximum atomic E-state index is 11.3. The highest BCUT2D eigenvalue weighted by Gasteiger charge is 2.22. The average molecular weight is 243 g/mol. The summed E-state index contributed by atoms with van der Waals surface area (Å²) in [5.41, 5.74) is 0. The number of nitrogens with one attached hydrogen (secondary N) is 1. The molecule has 0 aliphatic heterocycles. The zero-order valence-electron chi connectivity index (χ0n) is 10.4. The summed E-state index contributed by atoms with van der Waals surface area (Å²) >= 11 is 0. The summed E-state index contributed by atoms with van der Waals surface area (Å²) in [6, 6.07) is 0. The van der Waals surface area contributed by atoms with Crippen LogP contribution in [0, 0.1) is 5.92 Å². The highest BCUT2D eigenvalue weighted by Crippen LogP contribution is 2.28. The van der Waals surface area contributed by atoms with Crippen molar-refractivity contribution in [3.63, 3.8) is 0 Å². The van der Waals surface area contributed by atoms with Crippen LogP contribution >= 0.6 is 0 Å². The summed E-state index contributed by atoms with van der Waals surface area (Å²) in [5.74, 6) is 0.107. The van der Waals surface area contributed by atoms with Gasteiger partial charge in [0.25, 0.3) is 0 Å². The third-order valence-electron chi connectivity index (χ3n) is 2.61. The number of hydrogen-bond acceptors (Lipinski definition) is 4. The predicted octanol–water partition coefficient (Wildman–Crippen LogP) is 0.872. The summed E-state index contributed by atoms with van der Waals surface area (Å²) in [7, 11) is 1.63. The lowest BCUT2D eigenvalue weighted by atomic mass is 10.2. The molecule has 1 rings (SSSR count). The second kappa shape index (κ2) is 8.06. The molecule has 0 atom stereocenters. The minimum atomic E-state index is -0.345. The number of carbonyl (C=O) groups excluding carboxylic acids is 2. The van der Waals surface area contributed by atoms with Crippen LogP contribution in [0.2, 0.25) is 0 Å². The van der Waals surface area contributed by atoms with Crippen molar-refractivity contribution in [2.45, 2.75) is 32.1 Å². The average Bonchev–Trinajstić information content (AvgIpc) is 3.13. The van der Waals surface area contributed by atoms with Crippen LogP contribution in [0.25, 0.3) is 0 Å². The Morgan fingerprint density at radius 2 is 2.06 bits per heavy atom. The van der Waals surface area contributed by atoms with E-state index in [0.717, 1.165) is 25.7 Å². The first-order valence-corrected chi connectivity index (χ1v) is 6.13. The molecule has 0 saturated heterocycles. The normalized spacial score (nSPS) is 14.4. The zero-order chi connectivity index (χ0) is 12.5. The molecule has 5 nitrogen and oxygen atoms in total. The van der Waals surface area contributed by atoms with Gasteiger partial charge in [-0.1, -0.05) is 0 Å². The van der Waals surface area contributed by atoms with E-state index < -0.39 is 0 Å². The van der Waals surface area contributed by atoms with Crippen molar-refractivity contribution in [2.24, 2.45) is 5.92 Å². The second-order valence-corrected chi connectivity index (χ2v) is 4.35. The van der Waals surface area contributed by atoms with Crippen molar-refractivity contribution in [3.05, 3.63) is 0 Å². The van der Waals surface area contributed by atoms with Gasteiger partial charge in [0.2, 0.25) is 5.91 Å². The third-order valence-corrected chi connectivity index (χ3v) is 2.61. The summed E-state index contributed by atoms with van der Waals surface area (Å²) in [6.07, 6.45) is 4.37. The van der Waals surface area contributed by atoms with Crippen LogP contribution in [0.5, 0.6) is 0 Å². The van der Waals surface area contributed by atoms with E-state index >= 15 is 0 Å². The highest BCUT2D eigenvalue weighted by molar-refractivity contribution is 5.81. The van der Waals surface area contributed by atoms with Crippen molar-refractivity contribution < 1.29 is 19.1 Å². The minimum absolute atomic E-state index is 0.0180. The zero-order valence-corrected chi connectivity index (χ0v) is 10.4. The molecule has 1 aliphatic rings. The van der Waals surface area contributed by atoms with Gasteiger partial charge in [0.05, 0.1) is 6.61 Å². The molecule has 1 fully saturated rings. The molecule has 0 aromatic rings. The van der Waals surface area contributed by atoms with Crippen molar-refractivity contribution in [2.75, 3.05) is 26.9 Å². The molecule has 1 saturated carbocycles. The highest BCUT2D eigenvalue weighted by atomic mass is 16.5. The van der Waals surface area contributed by atoms with Gasteiger partial charge in [-0.2, -0.15) is 0 Å². The fourth-order valence-corrected chi connectivity index (χ4v) is 1.34. The lowest BCUT2D eigenvalue weighted by Crippen LogP contribution is -2.30. The van der Waals surface area contributed by atoms with Gasteiger partial charge >= 0.3 is 5.97 Å². The summed E-state index contributed by atoms with van der Waals surface area (Å²) < 4.78 is 9.86. The topological polar surface area (TPSA) is 64.6 Å². The van der Waals surface area contributed by atoms with Crippen LogP contribution in [-0.2, 0) is 19.1 Å². The Labute approximate surface area is 102 Å². The van der Waals surface area contributed by atoms with Crippen molar-refractivity contribution in [1.82, 2.24) is 5.32 Å². The number of unbranched alkanes of at least 4 members (excludes halogenated alkanes) is 1. The van der Waals surface area contributed by atoms with E-state index in [0.29, 0.717) is 25.6 Å². The first kappa shape index (κ1) is 14.0. The molecule has 0 aromatic heterocycles. The van der Waals surface area contributed by atoms with Crippen LogP contribution in [0.15, 0.2) is 0 Å². The number of carbonyl (C=O) groups is 2. The van der Waals surface area contributed by atoms with Gasteiger partial charge < -0.3 is 14.8 Å². The van der Waals surface area contributed by atoms with Crippen molar-refractivity contribution >= 4 is 11.9 Å². The molecule has 5 heteroatoms. The van der Waals surface area contributed by atoms with E-state index in [1.165, 1.54) is 0 Å². The van der Waals surface area contributed by atoms with Crippen LogP contribution in [0.1, 0.15) is 32.1 Å². The molecule has 0 aromatic carbocycles. The predicted molar refractivity (Wildman–Crippen MR) is 62.4 cm³/mol. The molecule has 1 N–H and O–H groups in total. The molecule has 0 unspecified atom stereocenters. The number of methoxy groups -OCH3 is 1. The van der Waals surface area contributed by atoms with Gasteiger partial charge in [-0.15, -0.1) is 0 Å². The molecule has 0 bridgehead atoms. The third kappa shape index (κ3) is 7.74. The van der Waals surface area contributed by atoms with Crippen LogP contribution in [0.4, 0.5) is 0 Å². The van der Waals surface area contributed by atoms with Gasteiger partial charge in [-0.05, 0) is 31.6 Å². The van der Waals surface area contributed by atoms with Gasteiger partial charge in [0.1, 0.15) is 6.54 Å². The number of hydrogen-bond donors (Lipinski definition) is 1. The Morgan fingerprint density at radius 3 is 2.71 bits per heavy atom.